The van der Waals surface area contributed by atoms with Crippen LogP contribution in [0.2, 0.25) is 0 Å². The summed E-state index contributed by atoms with van der Waals surface area (Å²) in [6, 6.07) is 2.19. The molecule has 0 saturated carbocycles. The van der Waals surface area contributed by atoms with Crippen LogP contribution in [0.15, 0.2) is 18.3 Å². The minimum Gasteiger partial charge on any atom is -0.385 e. The van der Waals surface area contributed by atoms with Gasteiger partial charge in [0, 0.05) is 6.20 Å². The molecular formula is C8H9FN2O3. The fourth-order valence-corrected chi connectivity index (χ4v) is 0.939. The molecule has 0 bridgehead atoms. The third-order valence-electron chi connectivity index (χ3n) is 1.68. The fraction of sp³-hybridized carbons (Fsp3) is 0.250. The molecule has 2 atom stereocenters. The molecule has 1 amide bonds. The third kappa shape index (κ3) is 2.24. The van der Waals surface area contributed by atoms with Gasteiger partial charge in [0.2, 0.25) is 11.9 Å². The molecule has 14 heavy (non-hydrogen) atoms. The Balaban J connectivity index is 2.89. The number of carbonyl (C=O) groups excluding carboxylic acids is 1. The summed E-state index contributed by atoms with van der Waals surface area (Å²) in [5, 5.41) is 18.4. The van der Waals surface area contributed by atoms with E-state index in [2.05, 4.69) is 4.98 Å². The summed E-state index contributed by atoms with van der Waals surface area (Å²) < 4.78 is 12.6. The number of nitrogens with two attached hydrogens (primary N) is 1. The van der Waals surface area contributed by atoms with Gasteiger partial charge in [0.15, 0.2) is 6.10 Å². The van der Waals surface area contributed by atoms with Crippen LogP contribution in [0.4, 0.5) is 4.39 Å². The van der Waals surface area contributed by atoms with E-state index in [4.69, 9.17) is 10.8 Å². The second-order valence-corrected chi connectivity index (χ2v) is 2.70. The number of aromatic nitrogens is 1. The number of amides is 1. The monoisotopic (exact) mass is 200 g/mol. The van der Waals surface area contributed by atoms with Crippen LogP contribution in [-0.2, 0) is 4.79 Å². The van der Waals surface area contributed by atoms with Gasteiger partial charge in [-0.15, -0.1) is 0 Å². The summed E-state index contributed by atoms with van der Waals surface area (Å²) >= 11 is 0. The number of primary amides is 1. The highest BCUT2D eigenvalue weighted by Crippen LogP contribution is 2.16. The Hall–Kier alpha value is -1.53. The van der Waals surface area contributed by atoms with Gasteiger partial charge >= 0.3 is 0 Å². The van der Waals surface area contributed by atoms with Crippen LogP contribution >= 0.6 is 0 Å². The molecule has 0 fully saturated rings. The Bertz CT molecular complexity index is 345. The minimum absolute atomic E-state index is 0.0452. The standard InChI is InChI=1S/C8H9FN2O3/c9-5-3-4(1-2-11-5)6(12)7(13)8(10)14/h1-3,6-7,12-13H,(H2,10,14). The normalized spacial score (nSPS) is 14.8. The Kier molecular flexibility index (Phi) is 3.10. The zero-order valence-corrected chi connectivity index (χ0v) is 7.09. The average molecular weight is 200 g/mol. The molecule has 2 unspecified atom stereocenters. The lowest BCUT2D eigenvalue weighted by molar-refractivity contribution is -0.132. The van der Waals surface area contributed by atoms with Gasteiger partial charge < -0.3 is 15.9 Å². The first-order chi connectivity index (χ1) is 6.52. The summed E-state index contributed by atoms with van der Waals surface area (Å²) in [4.78, 5) is 13.8. The summed E-state index contributed by atoms with van der Waals surface area (Å²) in [5.74, 6) is -1.88. The highest BCUT2D eigenvalue weighted by atomic mass is 19.1. The van der Waals surface area contributed by atoms with Crippen LogP contribution < -0.4 is 5.73 Å². The number of carbonyl (C=O) groups is 1. The number of hydrogen-bond donors (Lipinski definition) is 3. The van der Waals surface area contributed by atoms with E-state index in [1.54, 1.807) is 0 Å². The van der Waals surface area contributed by atoms with Crippen molar-refractivity contribution in [2.75, 3.05) is 0 Å². The molecule has 1 aromatic rings. The second kappa shape index (κ2) is 4.12. The van der Waals surface area contributed by atoms with E-state index in [1.165, 1.54) is 6.07 Å². The first-order valence-corrected chi connectivity index (χ1v) is 3.79. The van der Waals surface area contributed by atoms with Crippen molar-refractivity contribution in [3.8, 4) is 0 Å². The maximum absolute atomic E-state index is 12.6. The van der Waals surface area contributed by atoms with Crippen LogP contribution in [0.1, 0.15) is 11.7 Å². The zero-order chi connectivity index (χ0) is 10.7. The molecule has 0 aliphatic carbocycles. The maximum atomic E-state index is 12.6. The molecule has 0 aliphatic rings. The van der Waals surface area contributed by atoms with Gasteiger partial charge in [0.1, 0.15) is 6.10 Å². The van der Waals surface area contributed by atoms with E-state index in [-0.39, 0.29) is 5.56 Å². The Morgan fingerprint density at radius 1 is 1.57 bits per heavy atom. The van der Waals surface area contributed by atoms with Crippen LogP contribution in [0.3, 0.4) is 0 Å². The van der Waals surface area contributed by atoms with Crippen LogP contribution in [0.5, 0.6) is 0 Å². The lowest BCUT2D eigenvalue weighted by atomic mass is 10.1. The van der Waals surface area contributed by atoms with Crippen LogP contribution in [0.25, 0.3) is 0 Å². The molecule has 6 heteroatoms. The van der Waals surface area contributed by atoms with Gasteiger partial charge in [-0.05, 0) is 17.7 Å². The highest BCUT2D eigenvalue weighted by Gasteiger charge is 2.23. The predicted octanol–water partition coefficient (Wildman–Crippen LogP) is -0.900. The van der Waals surface area contributed by atoms with E-state index >= 15 is 0 Å². The molecule has 0 saturated heterocycles. The third-order valence-corrected chi connectivity index (χ3v) is 1.68. The summed E-state index contributed by atoms with van der Waals surface area (Å²) in [6.07, 6.45) is -2.18. The molecule has 1 rings (SSSR count). The predicted molar refractivity (Wildman–Crippen MR) is 44.4 cm³/mol. The highest BCUT2D eigenvalue weighted by molar-refractivity contribution is 5.79. The number of pyridine rings is 1. The van der Waals surface area contributed by atoms with Crippen molar-refractivity contribution in [3.63, 3.8) is 0 Å². The summed E-state index contributed by atoms with van der Waals surface area (Å²) in [5.41, 5.74) is 4.80. The number of aliphatic hydroxyl groups is 2. The molecule has 0 spiro atoms. The number of halogens is 1. The van der Waals surface area contributed by atoms with E-state index in [1.807, 2.05) is 0 Å². The van der Waals surface area contributed by atoms with Crippen LogP contribution in [-0.4, -0.2) is 27.2 Å². The molecule has 0 aliphatic heterocycles. The Morgan fingerprint density at radius 2 is 2.21 bits per heavy atom. The Labute approximate surface area is 79.0 Å². The van der Waals surface area contributed by atoms with E-state index in [0.717, 1.165) is 12.3 Å². The summed E-state index contributed by atoms with van der Waals surface area (Å²) in [7, 11) is 0. The van der Waals surface area contributed by atoms with Crippen molar-refractivity contribution in [1.29, 1.82) is 0 Å². The molecular weight excluding hydrogens is 191 g/mol. The molecule has 1 aromatic heterocycles. The number of rotatable bonds is 3. The van der Waals surface area contributed by atoms with Crippen molar-refractivity contribution in [2.24, 2.45) is 5.73 Å². The van der Waals surface area contributed by atoms with E-state index in [9.17, 15) is 14.3 Å². The lowest BCUT2D eigenvalue weighted by Gasteiger charge is -2.14. The first kappa shape index (κ1) is 10.6. The van der Waals surface area contributed by atoms with Gasteiger partial charge in [-0.2, -0.15) is 4.39 Å². The molecule has 5 nitrogen and oxygen atoms in total. The number of nitrogens with zero attached hydrogens (tertiary/aromatic N) is 1. The quantitative estimate of drug-likeness (QED) is 0.551. The van der Waals surface area contributed by atoms with Crippen molar-refractivity contribution >= 4 is 5.91 Å². The van der Waals surface area contributed by atoms with Gasteiger partial charge in [-0.1, -0.05) is 0 Å². The van der Waals surface area contributed by atoms with Gasteiger partial charge in [-0.3, -0.25) is 4.79 Å². The van der Waals surface area contributed by atoms with Gasteiger partial charge in [0.25, 0.3) is 0 Å². The molecule has 4 N–H and O–H groups in total. The summed E-state index contributed by atoms with van der Waals surface area (Å²) in [6.45, 7) is 0. The van der Waals surface area contributed by atoms with Crippen molar-refractivity contribution in [3.05, 3.63) is 29.8 Å². The SMILES string of the molecule is NC(=O)C(O)C(O)c1ccnc(F)c1. The molecule has 76 valence electrons. The minimum atomic E-state index is -1.75. The molecule has 1 heterocycles. The van der Waals surface area contributed by atoms with Crippen LogP contribution in [0, 0.1) is 5.95 Å². The number of hydrogen-bond acceptors (Lipinski definition) is 4. The zero-order valence-electron chi connectivity index (χ0n) is 7.09. The number of aliphatic hydroxyl groups excluding tert-OH is 2. The van der Waals surface area contributed by atoms with E-state index in [0.29, 0.717) is 0 Å². The van der Waals surface area contributed by atoms with Crippen molar-refractivity contribution < 1.29 is 19.4 Å². The van der Waals surface area contributed by atoms with E-state index < -0.39 is 24.1 Å². The molecule has 0 aromatic carbocycles. The maximum Gasteiger partial charge on any atom is 0.249 e. The van der Waals surface area contributed by atoms with Gasteiger partial charge in [0.05, 0.1) is 0 Å². The molecule has 0 radical (unpaired) electrons. The van der Waals surface area contributed by atoms with Crippen molar-refractivity contribution in [1.82, 2.24) is 4.98 Å². The topological polar surface area (TPSA) is 96.4 Å². The largest absolute Gasteiger partial charge is 0.385 e. The van der Waals surface area contributed by atoms with Crippen molar-refractivity contribution in [2.45, 2.75) is 12.2 Å². The Morgan fingerprint density at radius 3 is 2.71 bits per heavy atom. The second-order valence-electron chi connectivity index (χ2n) is 2.70. The smallest absolute Gasteiger partial charge is 0.249 e. The van der Waals surface area contributed by atoms with Gasteiger partial charge in [-0.25, -0.2) is 4.98 Å². The lowest BCUT2D eigenvalue weighted by Crippen LogP contribution is -2.33. The fourth-order valence-electron chi connectivity index (χ4n) is 0.939. The average Bonchev–Trinajstić information content (AvgIpc) is 2.15. The first-order valence-electron chi connectivity index (χ1n) is 3.79.